The summed E-state index contributed by atoms with van der Waals surface area (Å²) in [7, 11) is 0. The van der Waals surface area contributed by atoms with E-state index in [2.05, 4.69) is 0 Å². The maximum absolute atomic E-state index is 14.1. The van der Waals surface area contributed by atoms with Crippen molar-refractivity contribution >= 4 is 22.8 Å². The van der Waals surface area contributed by atoms with Crippen LogP contribution in [-0.4, -0.2) is 63.3 Å². The fraction of sp³-hybridized carbons (Fsp3) is 0.733. The highest BCUT2D eigenvalue weighted by Gasteiger charge is 2.91. The Labute approximate surface area is 180 Å². The summed E-state index contributed by atoms with van der Waals surface area (Å²) >= 11 is -1.00. The molecule has 4 nitrogen and oxygen atoms in total. The first-order chi connectivity index (χ1) is 14.2. The molecule has 3 N–H and O–H groups in total. The third-order valence-electron chi connectivity index (χ3n) is 4.15. The molecular formula is C15H14F13NO3S. The van der Waals surface area contributed by atoms with Crippen LogP contribution in [0.2, 0.25) is 0 Å². The molecule has 0 amide bonds. The van der Waals surface area contributed by atoms with E-state index in [1.807, 2.05) is 0 Å². The molecule has 0 aromatic heterocycles. The Kier molecular flexibility index (Phi) is 8.67. The fourth-order valence-corrected chi connectivity index (χ4v) is 3.21. The molecule has 0 radical (unpaired) electrons. The van der Waals surface area contributed by atoms with E-state index < -0.39 is 81.1 Å². The summed E-state index contributed by atoms with van der Waals surface area (Å²) in [5, 5.41) is 3.53. The lowest BCUT2D eigenvalue weighted by Crippen LogP contribution is -2.71. The van der Waals surface area contributed by atoms with Crippen molar-refractivity contribution in [3.05, 3.63) is 11.1 Å². The lowest BCUT2D eigenvalue weighted by atomic mass is 9.93. The first-order valence-corrected chi connectivity index (χ1v) is 8.97. The summed E-state index contributed by atoms with van der Waals surface area (Å²) in [5.41, 5.74) is 3.38. The number of carbonyl (C=O) groups excluding carboxylic acids is 1. The molecule has 0 fully saturated rings. The predicted octanol–water partition coefficient (Wildman–Crippen LogP) is 5.12. The van der Waals surface area contributed by atoms with Crippen LogP contribution in [0.25, 0.3) is 0 Å². The largest absolute Gasteiger partial charge is 0.478 e. The van der Waals surface area contributed by atoms with Crippen molar-refractivity contribution < 1.29 is 71.8 Å². The molecule has 0 bridgehead atoms. The number of rotatable bonds is 9. The van der Waals surface area contributed by atoms with Crippen LogP contribution < -0.4 is 5.73 Å². The number of halogens is 13. The van der Waals surface area contributed by atoms with E-state index in [9.17, 15) is 66.7 Å². The number of thioether (sulfide) groups is 1. The summed E-state index contributed by atoms with van der Waals surface area (Å²) in [6, 6.07) is -1.56. The molecule has 33 heavy (non-hydrogen) atoms. The number of hydrogen-bond donors (Lipinski definition) is 2. The summed E-state index contributed by atoms with van der Waals surface area (Å²) in [6.07, 6.45) is -7.53. The molecule has 0 aliphatic carbocycles. The van der Waals surface area contributed by atoms with E-state index >= 15 is 0 Å². The van der Waals surface area contributed by atoms with Gasteiger partial charge in [0.2, 0.25) is 5.12 Å². The Morgan fingerprint density at radius 1 is 0.758 bits per heavy atom. The average molecular weight is 535 g/mol. The van der Waals surface area contributed by atoms with Gasteiger partial charge in [-0.1, -0.05) is 11.8 Å². The van der Waals surface area contributed by atoms with E-state index in [-0.39, 0.29) is 6.92 Å². The van der Waals surface area contributed by atoms with Gasteiger partial charge in [-0.2, -0.15) is 57.1 Å². The van der Waals surface area contributed by atoms with Gasteiger partial charge in [0.05, 0.1) is 5.25 Å². The Hall–Kier alpha value is -1.72. The Bertz CT molecular complexity index is 805. The number of carboxylic acids is 1. The predicted molar refractivity (Wildman–Crippen MR) is 86.8 cm³/mol. The highest BCUT2D eigenvalue weighted by atomic mass is 32.2. The molecule has 0 saturated heterocycles. The van der Waals surface area contributed by atoms with Crippen molar-refractivity contribution in [1.82, 2.24) is 0 Å². The Morgan fingerprint density at radius 3 is 1.42 bits per heavy atom. The zero-order valence-electron chi connectivity index (χ0n) is 16.3. The minimum atomic E-state index is -8.06. The first kappa shape index (κ1) is 31.3. The van der Waals surface area contributed by atoms with Crippen LogP contribution in [0.1, 0.15) is 20.8 Å². The SMILES string of the molecule is CC(C(=O)O)=C(C(=O)SC(C)C(F)(F)C(F)(F)C(F)(F)C(F)(F)C(F)(F)C(F)(F)F)C(C)N. The summed E-state index contributed by atoms with van der Waals surface area (Å²) in [5.74, 6) is -39.8. The second-order valence-corrected chi connectivity index (χ2v) is 7.91. The number of carbonyl (C=O) groups is 2. The van der Waals surface area contributed by atoms with Crippen molar-refractivity contribution in [3.8, 4) is 0 Å². The van der Waals surface area contributed by atoms with Crippen LogP contribution in [0.5, 0.6) is 0 Å². The molecule has 0 aromatic carbocycles. The molecular weight excluding hydrogens is 521 g/mol. The van der Waals surface area contributed by atoms with Crippen LogP contribution in [0.3, 0.4) is 0 Å². The summed E-state index contributed by atoms with van der Waals surface area (Å²) < 4.78 is 171. The summed E-state index contributed by atoms with van der Waals surface area (Å²) in [4.78, 5) is 23.0. The molecule has 0 aliphatic heterocycles. The maximum atomic E-state index is 14.1. The first-order valence-electron chi connectivity index (χ1n) is 8.09. The fourth-order valence-electron chi connectivity index (χ4n) is 2.13. The van der Waals surface area contributed by atoms with Crippen LogP contribution in [0, 0.1) is 0 Å². The third kappa shape index (κ3) is 5.05. The molecule has 2 atom stereocenters. The van der Waals surface area contributed by atoms with Crippen LogP contribution in [-0.2, 0) is 9.59 Å². The van der Waals surface area contributed by atoms with Crippen LogP contribution in [0.4, 0.5) is 57.1 Å². The number of carboxylic acid groups (broad SMARTS) is 1. The van der Waals surface area contributed by atoms with E-state index in [1.165, 1.54) is 0 Å². The van der Waals surface area contributed by atoms with Gasteiger partial charge in [-0.05, 0) is 20.8 Å². The molecule has 194 valence electrons. The Morgan fingerprint density at radius 2 is 1.12 bits per heavy atom. The lowest BCUT2D eigenvalue weighted by Gasteiger charge is -2.41. The molecule has 0 aromatic rings. The maximum Gasteiger partial charge on any atom is 0.460 e. The van der Waals surface area contributed by atoms with E-state index in [0.717, 1.165) is 6.92 Å². The second kappa shape index (κ2) is 9.14. The molecule has 0 heterocycles. The molecule has 0 aliphatic rings. The van der Waals surface area contributed by atoms with Crippen LogP contribution in [0.15, 0.2) is 11.1 Å². The smallest absolute Gasteiger partial charge is 0.460 e. The number of nitrogens with two attached hydrogens (primary N) is 1. The normalized spacial score (nSPS) is 17.4. The molecule has 0 spiro atoms. The molecule has 2 unspecified atom stereocenters. The highest BCUT2D eigenvalue weighted by Crippen LogP contribution is 2.61. The van der Waals surface area contributed by atoms with Gasteiger partial charge in [0.1, 0.15) is 0 Å². The van der Waals surface area contributed by atoms with Gasteiger partial charge in [0.25, 0.3) is 0 Å². The van der Waals surface area contributed by atoms with Crippen LogP contribution >= 0.6 is 11.8 Å². The van der Waals surface area contributed by atoms with Crippen molar-refractivity contribution in [1.29, 1.82) is 0 Å². The topological polar surface area (TPSA) is 80.4 Å². The van der Waals surface area contributed by atoms with E-state index in [1.54, 1.807) is 0 Å². The van der Waals surface area contributed by atoms with Gasteiger partial charge >= 0.3 is 41.8 Å². The monoisotopic (exact) mass is 535 g/mol. The van der Waals surface area contributed by atoms with Gasteiger partial charge in [0, 0.05) is 17.2 Å². The minimum Gasteiger partial charge on any atom is -0.478 e. The van der Waals surface area contributed by atoms with Crippen molar-refractivity contribution in [3.63, 3.8) is 0 Å². The van der Waals surface area contributed by atoms with Gasteiger partial charge < -0.3 is 10.8 Å². The number of hydrogen-bond acceptors (Lipinski definition) is 4. The van der Waals surface area contributed by atoms with Gasteiger partial charge in [-0.25, -0.2) is 4.79 Å². The van der Waals surface area contributed by atoms with Crippen molar-refractivity contribution in [2.75, 3.05) is 0 Å². The molecule has 18 heteroatoms. The average Bonchev–Trinajstić information content (AvgIpc) is 2.59. The zero-order valence-corrected chi connectivity index (χ0v) is 17.1. The number of aliphatic carboxylic acids is 1. The van der Waals surface area contributed by atoms with E-state index in [4.69, 9.17) is 10.8 Å². The van der Waals surface area contributed by atoms with Gasteiger partial charge in [-0.15, -0.1) is 0 Å². The second-order valence-electron chi connectivity index (χ2n) is 6.60. The van der Waals surface area contributed by atoms with Crippen molar-refractivity contribution in [2.24, 2.45) is 5.73 Å². The van der Waals surface area contributed by atoms with Gasteiger partial charge in [-0.3, -0.25) is 4.79 Å². The quantitative estimate of drug-likeness (QED) is 0.317. The standard InChI is InChI=1S/C15H14F13NO3S/c1-4(8(30)31)7(5(2)29)9(32)33-6(3)10(16,17)11(18,19)12(20,21)13(22,23)14(24,25)15(26,27)28/h5-6H,29H2,1-3H3,(H,30,31). The number of alkyl halides is 13. The van der Waals surface area contributed by atoms with Crippen molar-refractivity contribution in [2.45, 2.75) is 67.9 Å². The molecule has 0 saturated carbocycles. The lowest BCUT2D eigenvalue weighted by molar-refractivity contribution is -0.439. The third-order valence-corrected chi connectivity index (χ3v) is 5.24. The van der Waals surface area contributed by atoms with E-state index in [0.29, 0.717) is 6.92 Å². The molecule has 0 rings (SSSR count). The minimum absolute atomic E-state index is 0.137. The summed E-state index contributed by atoms with van der Waals surface area (Å²) in [6.45, 7) is 1.50. The zero-order chi connectivity index (χ0) is 27.2. The highest BCUT2D eigenvalue weighted by molar-refractivity contribution is 8.14. The van der Waals surface area contributed by atoms with Gasteiger partial charge in [0.15, 0.2) is 0 Å². The Balaban J connectivity index is 6.40.